The maximum Gasteiger partial charge on any atom is 0.128 e. The molecule has 106 valence electrons. The Morgan fingerprint density at radius 1 is 1.20 bits per heavy atom. The molecule has 0 fully saturated rings. The number of rotatable bonds is 5. The van der Waals surface area contributed by atoms with Crippen molar-refractivity contribution in [3.8, 4) is 5.75 Å². The second-order valence-electron chi connectivity index (χ2n) is 4.67. The molecule has 2 atom stereocenters. The van der Waals surface area contributed by atoms with Crippen LogP contribution < -0.4 is 10.5 Å². The largest absolute Gasteiger partial charge is 0.497 e. The number of benzene rings is 2. The van der Waals surface area contributed by atoms with Gasteiger partial charge in [-0.15, -0.1) is 0 Å². The Hall–Kier alpha value is -1.91. The van der Waals surface area contributed by atoms with Crippen LogP contribution in [0.4, 0.5) is 4.39 Å². The SMILES string of the molecule is COc1ccc(F)c([C@H](N)[C@H](O)Cc2ccccc2)c1. The van der Waals surface area contributed by atoms with E-state index in [2.05, 4.69) is 0 Å². The van der Waals surface area contributed by atoms with Gasteiger partial charge in [0.2, 0.25) is 0 Å². The molecule has 0 aliphatic heterocycles. The topological polar surface area (TPSA) is 55.5 Å². The minimum atomic E-state index is -0.862. The zero-order valence-corrected chi connectivity index (χ0v) is 11.3. The average molecular weight is 275 g/mol. The van der Waals surface area contributed by atoms with Gasteiger partial charge in [-0.05, 0) is 23.8 Å². The molecule has 2 aromatic rings. The van der Waals surface area contributed by atoms with Crippen LogP contribution in [0.3, 0.4) is 0 Å². The van der Waals surface area contributed by atoms with Gasteiger partial charge < -0.3 is 15.6 Å². The first-order valence-electron chi connectivity index (χ1n) is 6.43. The van der Waals surface area contributed by atoms with Crippen LogP contribution in [0.5, 0.6) is 5.75 Å². The van der Waals surface area contributed by atoms with Crippen LogP contribution in [0.1, 0.15) is 17.2 Å². The Bertz CT molecular complexity index is 560. The summed E-state index contributed by atoms with van der Waals surface area (Å²) in [6.45, 7) is 0. The molecule has 0 aromatic heterocycles. The van der Waals surface area contributed by atoms with Crippen molar-refractivity contribution in [1.29, 1.82) is 0 Å². The van der Waals surface area contributed by atoms with Gasteiger partial charge in [-0.3, -0.25) is 0 Å². The van der Waals surface area contributed by atoms with E-state index < -0.39 is 18.0 Å². The number of nitrogens with two attached hydrogens (primary N) is 1. The van der Waals surface area contributed by atoms with Crippen LogP contribution in [0, 0.1) is 5.82 Å². The molecule has 3 N–H and O–H groups in total. The number of halogens is 1. The highest BCUT2D eigenvalue weighted by Crippen LogP contribution is 2.24. The van der Waals surface area contributed by atoms with Crippen molar-refractivity contribution in [2.45, 2.75) is 18.6 Å². The van der Waals surface area contributed by atoms with Crippen molar-refractivity contribution in [3.63, 3.8) is 0 Å². The summed E-state index contributed by atoms with van der Waals surface area (Å²) in [5.74, 6) is 0.0779. The first kappa shape index (κ1) is 14.5. The lowest BCUT2D eigenvalue weighted by molar-refractivity contribution is 0.143. The molecule has 4 heteroatoms. The Morgan fingerprint density at radius 2 is 1.90 bits per heavy atom. The minimum absolute atomic E-state index is 0.257. The average Bonchev–Trinajstić information content (AvgIpc) is 2.48. The van der Waals surface area contributed by atoms with Crippen LogP contribution in [0.2, 0.25) is 0 Å². The lowest BCUT2D eigenvalue weighted by Crippen LogP contribution is -2.29. The predicted octanol–water partition coefficient (Wildman–Crippen LogP) is 2.44. The number of aliphatic hydroxyl groups is 1. The van der Waals surface area contributed by atoms with Gasteiger partial charge >= 0.3 is 0 Å². The molecule has 0 saturated carbocycles. The van der Waals surface area contributed by atoms with E-state index in [1.165, 1.54) is 25.3 Å². The molecule has 2 rings (SSSR count). The van der Waals surface area contributed by atoms with Crippen LogP contribution in [-0.4, -0.2) is 18.3 Å². The molecule has 0 unspecified atom stereocenters. The Balaban J connectivity index is 2.16. The zero-order valence-electron chi connectivity index (χ0n) is 11.3. The maximum absolute atomic E-state index is 13.8. The van der Waals surface area contributed by atoms with Gasteiger partial charge in [0.25, 0.3) is 0 Å². The van der Waals surface area contributed by atoms with Crippen molar-refractivity contribution < 1.29 is 14.2 Å². The van der Waals surface area contributed by atoms with Crippen molar-refractivity contribution >= 4 is 0 Å². The van der Waals surface area contributed by atoms with Gasteiger partial charge in [0.05, 0.1) is 19.3 Å². The summed E-state index contributed by atoms with van der Waals surface area (Å²) in [5.41, 5.74) is 7.18. The van der Waals surface area contributed by atoms with Gasteiger partial charge in [-0.1, -0.05) is 30.3 Å². The maximum atomic E-state index is 13.8. The molecule has 0 spiro atoms. The molecule has 0 bridgehead atoms. The highest BCUT2D eigenvalue weighted by atomic mass is 19.1. The molecular weight excluding hydrogens is 257 g/mol. The third-order valence-corrected chi connectivity index (χ3v) is 3.26. The number of hydrogen-bond acceptors (Lipinski definition) is 3. The molecule has 0 heterocycles. The van der Waals surface area contributed by atoms with E-state index in [1.54, 1.807) is 0 Å². The standard InChI is InChI=1S/C16H18FNO2/c1-20-12-7-8-14(17)13(10-12)16(18)15(19)9-11-5-3-2-4-6-11/h2-8,10,15-16,19H,9,18H2,1H3/t15-,16+/m1/s1. The van der Waals surface area contributed by atoms with E-state index in [4.69, 9.17) is 10.5 Å². The fraction of sp³-hybridized carbons (Fsp3) is 0.250. The van der Waals surface area contributed by atoms with Crippen molar-refractivity contribution in [2.75, 3.05) is 7.11 Å². The van der Waals surface area contributed by atoms with Gasteiger partial charge in [-0.2, -0.15) is 0 Å². The van der Waals surface area contributed by atoms with Gasteiger partial charge in [0, 0.05) is 12.0 Å². The van der Waals surface area contributed by atoms with E-state index >= 15 is 0 Å². The molecular formula is C16H18FNO2. The number of ether oxygens (including phenoxy) is 1. The summed E-state index contributed by atoms with van der Waals surface area (Å²) < 4.78 is 18.9. The van der Waals surface area contributed by atoms with Crippen LogP contribution in [-0.2, 0) is 6.42 Å². The first-order valence-corrected chi connectivity index (χ1v) is 6.43. The lowest BCUT2D eigenvalue weighted by atomic mass is 9.96. The van der Waals surface area contributed by atoms with E-state index in [1.807, 2.05) is 30.3 Å². The Morgan fingerprint density at radius 3 is 2.55 bits per heavy atom. The number of hydrogen-bond donors (Lipinski definition) is 2. The fourth-order valence-corrected chi connectivity index (χ4v) is 2.09. The first-order chi connectivity index (χ1) is 9.61. The van der Waals surface area contributed by atoms with Gasteiger partial charge in [-0.25, -0.2) is 4.39 Å². The van der Waals surface area contributed by atoms with E-state index in [9.17, 15) is 9.50 Å². The van der Waals surface area contributed by atoms with E-state index in [-0.39, 0.29) is 5.56 Å². The summed E-state index contributed by atoms with van der Waals surface area (Å²) in [5, 5.41) is 10.2. The highest BCUT2D eigenvalue weighted by molar-refractivity contribution is 5.32. The summed E-state index contributed by atoms with van der Waals surface area (Å²) in [4.78, 5) is 0. The van der Waals surface area contributed by atoms with Crippen LogP contribution >= 0.6 is 0 Å². The molecule has 0 radical (unpaired) electrons. The quantitative estimate of drug-likeness (QED) is 0.881. The van der Waals surface area contributed by atoms with E-state index in [0.717, 1.165) is 5.56 Å². The smallest absolute Gasteiger partial charge is 0.128 e. The van der Waals surface area contributed by atoms with Crippen molar-refractivity contribution in [1.82, 2.24) is 0 Å². The van der Waals surface area contributed by atoms with Crippen molar-refractivity contribution in [3.05, 3.63) is 65.5 Å². The van der Waals surface area contributed by atoms with E-state index in [0.29, 0.717) is 12.2 Å². The zero-order chi connectivity index (χ0) is 14.5. The predicted molar refractivity (Wildman–Crippen MR) is 76.0 cm³/mol. The van der Waals surface area contributed by atoms with Gasteiger partial charge in [0.1, 0.15) is 11.6 Å². The van der Waals surface area contributed by atoms with Crippen LogP contribution in [0.15, 0.2) is 48.5 Å². The summed E-state index contributed by atoms with van der Waals surface area (Å²) >= 11 is 0. The third kappa shape index (κ3) is 3.35. The normalized spacial score (nSPS) is 13.8. The minimum Gasteiger partial charge on any atom is -0.497 e. The third-order valence-electron chi connectivity index (χ3n) is 3.26. The summed E-state index contributed by atoms with van der Waals surface area (Å²) in [6, 6.07) is 13.0. The molecule has 0 saturated heterocycles. The Kier molecular flexibility index (Phi) is 4.71. The molecule has 2 aromatic carbocycles. The summed E-state index contributed by atoms with van der Waals surface area (Å²) in [6.07, 6.45) is -0.488. The molecule has 3 nitrogen and oxygen atoms in total. The van der Waals surface area contributed by atoms with Gasteiger partial charge in [0.15, 0.2) is 0 Å². The lowest BCUT2D eigenvalue weighted by Gasteiger charge is -2.20. The highest BCUT2D eigenvalue weighted by Gasteiger charge is 2.21. The number of methoxy groups -OCH3 is 1. The Labute approximate surface area is 117 Å². The molecule has 0 aliphatic rings. The van der Waals surface area contributed by atoms with Crippen LogP contribution in [0.25, 0.3) is 0 Å². The molecule has 0 amide bonds. The molecule has 0 aliphatic carbocycles. The summed E-state index contributed by atoms with van der Waals surface area (Å²) in [7, 11) is 1.50. The van der Waals surface area contributed by atoms with Crippen molar-refractivity contribution in [2.24, 2.45) is 5.73 Å². The molecule has 20 heavy (non-hydrogen) atoms. The fourth-order valence-electron chi connectivity index (χ4n) is 2.09. The second kappa shape index (κ2) is 6.50. The monoisotopic (exact) mass is 275 g/mol. The number of aliphatic hydroxyl groups excluding tert-OH is 1. The second-order valence-corrected chi connectivity index (χ2v) is 4.67.